The first-order valence-electron chi connectivity index (χ1n) is 9.79. The molecule has 0 amide bonds. The van der Waals surface area contributed by atoms with E-state index in [4.69, 9.17) is 9.84 Å². The minimum absolute atomic E-state index is 0.0620. The Morgan fingerprint density at radius 3 is 2.62 bits per heavy atom. The fourth-order valence-corrected chi connectivity index (χ4v) is 5.69. The molecule has 0 aromatic carbocycles. The zero-order chi connectivity index (χ0) is 19.5. The summed E-state index contributed by atoms with van der Waals surface area (Å²) in [4.78, 5) is 22.2. The molecule has 0 aliphatic heterocycles. The number of carboxylic acid groups (broad SMARTS) is 1. The van der Waals surface area contributed by atoms with Crippen LogP contribution >= 0.6 is 0 Å². The summed E-state index contributed by atoms with van der Waals surface area (Å²) in [7, 11) is 0. The van der Waals surface area contributed by atoms with Crippen molar-refractivity contribution in [3.8, 4) is 0 Å². The highest BCUT2D eigenvalue weighted by Crippen LogP contribution is 2.61. The number of fused-ring (bicyclic) bond motifs is 1. The normalized spacial score (nSPS) is 31.2. The van der Waals surface area contributed by atoms with Gasteiger partial charge in [-0.1, -0.05) is 39.3 Å². The maximum atomic E-state index is 11.1. The molecule has 3 atom stereocenters. The molecule has 0 heterocycles. The molecule has 2 saturated carbocycles. The number of esters is 1. The molecule has 2 aliphatic carbocycles. The number of ether oxygens (including phenoxy) is 1. The second-order valence-corrected chi connectivity index (χ2v) is 9.11. The highest BCUT2D eigenvalue weighted by molar-refractivity contribution is 5.80. The fraction of sp³-hybridized carbons (Fsp3) is 0.727. The van der Waals surface area contributed by atoms with Gasteiger partial charge >= 0.3 is 11.9 Å². The third-order valence-corrected chi connectivity index (χ3v) is 6.86. The number of carbonyl (C=O) groups excluding carboxylic acids is 1. The molecule has 2 fully saturated rings. The zero-order valence-electron chi connectivity index (χ0n) is 16.8. The Hall–Kier alpha value is -1.58. The SMILES string of the molecule is C=C1CC[C@@H]2C(C)(C)CCC[C@@]2(C)[C@@H]1CC/C(=C/C(=O)O)COC(C)=O. The summed E-state index contributed by atoms with van der Waals surface area (Å²) in [6, 6.07) is 0. The van der Waals surface area contributed by atoms with Crippen LogP contribution in [0.15, 0.2) is 23.8 Å². The number of hydrogen-bond donors (Lipinski definition) is 1. The second kappa shape index (κ2) is 7.98. The van der Waals surface area contributed by atoms with Crippen LogP contribution in [0, 0.1) is 22.7 Å². The smallest absolute Gasteiger partial charge is 0.328 e. The zero-order valence-corrected chi connectivity index (χ0v) is 16.8. The van der Waals surface area contributed by atoms with Crippen molar-refractivity contribution < 1.29 is 19.4 Å². The molecule has 0 unspecified atom stereocenters. The van der Waals surface area contributed by atoms with Gasteiger partial charge in [0.05, 0.1) is 0 Å². The predicted molar refractivity (Wildman–Crippen MR) is 103 cm³/mol. The Bertz CT molecular complexity index is 601. The van der Waals surface area contributed by atoms with E-state index in [1.807, 2.05) is 0 Å². The van der Waals surface area contributed by atoms with E-state index < -0.39 is 5.97 Å². The largest absolute Gasteiger partial charge is 0.478 e. The van der Waals surface area contributed by atoms with Crippen molar-refractivity contribution in [2.75, 3.05) is 6.61 Å². The summed E-state index contributed by atoms with van der Waals surface area (Å²) >= 11 is 0. The van der Waals surface area contributed by atoms with Gasteiger partial charge in [0.25, 0.3) is 0 Å². The molecule has 26 heavy (non-hydrogen) atoms. The topological polar surface area (TPSA) is 63.6 Å². The van der Waals surface area contributed by atoms with E-state index in [0.717, 1.165) is 12.8 Å². The van der Waals surface area contributed by atoms with Crippen LogP contribution in [0.1, 0.15) is 72.6 Å². The van der Waals surface area contributed by atoms with Crippen LogP contribution in [0.3, 0.4) is 0 Å². The Labute approximate surface area is 157 Å². The molecule has 2 aliphatic rings. The second-order valence-electron chi connectivity index (χ2n) is 9.11. The van der Waals surface area contributed by atoms with Crippen molar-refractivity contribution >= 4 is 11.9 Å². The molecule has 0 spiro atoms. The van der Waals surface area contributed by atoms with Gasteiger partial charge in [-0.3, -0.25) is 4.79 Å². The Balaban J connectivity index is 2.15. The standard InChI is InChI=1S/C22H34O4/c1-15-7-10-19-21(3,4)11-6-12-22(19,5)18(15)9-8-17(13-20(24)25)14-26-16(2)23/h13,18-19H,1,6-12,14H2,2-5H3,(H,24,25)/b17-13-/t18-,19-,22+/m1/s1. The van der Waals surface area contributed by atoms with E-state index in [1.165, 1.54) is 44.3 Å². The lowest BCUT2D eigenvalue weighted by Gasteiger charge is -2.58. The average Bonchev–Trinajstić information content (AvgIpc) is 2.50. The van der Waals surface area contributed by atoms with Gasteiger partial charge in [-0.05, 0) is 66.8 Å². The minimum atomic E-state index is -0.988. The maximum Gasteiger partial charge on any atom is 0.328 e. The van der Waals surface area contributed by atoms with Gasteiger partial charge in [0, 0.05) is 13.0 Å². The molecule has 1 N–H and O–H groups in total. The lowest BCUT2D eigenvalue weighted by molar-refractivity contribution is -0.140. The van der Waals surface area contributed by atoms with Crippen LogP contribution in [0.5, 0.6) is 0 Å². The van der Waals surface area contributed by atoms with E-state index in [0.29, 0.717) is 29.2 Å². The summed E-state index contributed by atoms with van der Waals surface area (Å²) in [6.07, 6.45) is 8.72. The lowest BCUT2D eigenvalue weighted by Crippen LogP contribution is -2.49. The molecule has 4 heteroatoms. The molecule has 0 bridgehead atoms. The van der Waals surface area contributed by atoms with Crippen molar-refractivity contribution in [3.05, 3.63) is 23.8 Å². The quantitative estimate of drug-likeness (QED) is 0.404. The van der Waals surface area contributed by atoms with Crippen molar-refractivity contribution in [2.45, 2.75) is 72.6 Å². The number of hydrogen-bond acceptors (Lipinski definition) is 3. The highest BCUT2D eigenvalue weighted by atomic mass is 16.5. The Kier molecular flexibility index (Phi) is 6.36. The molecular weight excluding hydrogens is 328 g/mol. The fourth-order valence-electron chi connectivity index (χ4n) is 5.69. The van der Waals surface area contributed by atoms with E-state index in [1.54, 1.807) is 0 Å². The van der Waals surface area contributed by atoms with E-state index in [2.05, 4.69) is 27.4 Å². The third-order valence-electron chi connectivity index (χ3n) is 6.86. The molecular formula is C22H34O4. The first-order chi connectivity index (χ1) is 12.1. The predicted octanol–water partition coefficient (Wildman–Crippen LogP) is 5.14. The van der Waals surface area contributed by atoms with Gasteiger partial charge in [0.1, 0.15) is 6.61 Å². The van der Waals surface area contributed by atoms with Crippen molar-refractivity contribution in [3.63, 3.8) is 0 Å². The van der Waals surface area contributed by atoms with Crippen molar-refractivity contribution in [1.82, 2.24) is 0 Å². The van der Waals surface area contributed by atoms with Crippen LogP contribution in [0.4, 0.5) is 0 Å². The number of carboxylic acids is 1. The molecule has 0 aromatic rings. The number of aliphatic carboxylic acids is 1. The van der Waals surface area contributed by atoms with Crippen molar-refractivity contribution in [2.24, 2.45) is 22.7 Å². The number of allylic oxidation sites excluding steroid dienone is 1. The minimum Gasteiger partial charge on any atom is -0.478 e. The van der Waals surface area contributed by atoms with Crippen LogP contribution < -0.4 is 0 Å². The Morgan fingerprint density at radius 1 is 1.31 bits per heavy atom. The summed E-state index contributed by atoms with van der Waals surface area (Å²) in [6.45, 7) is 13.0. The number of rotatable bonds is 6. The highest BCUT2D eigenvalue weighted by Gasteiger charge is 2.52. The van der Waals surface area contributed by atoms with E-state index >= 15 is 0 Å². The Morgan fingerprint density at radius 2 is 2.00 bits per heavy atom. The lowest BCUT2D eigenvalue weighted by atomic mass is 9.47. The van der Waals surface area contributed by atoms with Gasteiger partial charge < -0.3 is 9.84 Å². The maximum absolute atomic E-state index is 11.1. The van der Waals surface area contributed by atoms with Crippen LogP contribution in [0.25, 0.3) is 0 Å². The molecule has 4 nitrogen and oxygen atoms in total. The molecule has 0 aromatic heterocycles. The van der Waals surface area contributed by atoms with Gasteiger partial charge in [0.2, 0.25) is 0 Å². The van der Waals surface area contributed by atoms with Crippen LogP contribution in [-0.2, 0) is 14.3 Å². The molecule has 0 saturated heterocycles. The monoisotopic (exact) mass is 362 g/mol. The van der Waals surface area contributed by atoms with Gasteiger partial charge in [-0.25, -0.2) is 4.79 Å². The summed E-state index contributed by atoms with van der Waals surface area (Å²) in [5.41, 5.74) is 2.56. The number of carbonyl (C=O) groups is 2. The summed E-state index contributed by atoms with van der Waals surface area (Å²) in [5.74, 6) is -0.295. The third kappa shape index (κ3) is 4.57. The van der Waals surface area contributed by atoms with Gasteiger partial charge in [-0.2, -0.15) is 0 Å². The van der Waals surface area contributed by atoms with Gasteiger partial charge in [-0.15, -0.1) is 0 Å². The van der Waals surface area contributed by atoms with Crippen molar-refractivity contribution in [1.29, 1.82) is 0 Å². The molecule has 146 valence electrons. The van der Waals surface area contributed by atoms with Crippen LogP contribution in [-0.4, -0.2) is 23.7 Å². The van der Waals surface area contributed by atoms with Crippen LogP contribution in [0.2, 0.25) is 0 Å². The van der Waals surface area contributed by atoms with Gasteiger partial charge in [0.15, 0.2) is 0 Å². The molecule has 0 radical (unpaired) electrons. The summed E-state index contributed by atoms with van der Waals surface area (Å²) in [5, 5.41) is 9.11. The van der Waals surface area contributed by atoms with E-state index in [-0.39, 0.29) is 18.0 Å². The van der Waals surface area contributed by atoms with E-state index in [9.17, 15) is 9.59 Å². The first kappa shape index (κ1) is 20.7. The molecule has 2 rings (SSSR count). The average molecular weight is 363 g/mol. The first-order valence-corrected chi connectivity index (χ1v) is 9.79. The summed E-state index contributed by atoms with van der Waals surface area (Å²) < 4.78 is 5.04.